The van der Waals surface area contributed by atoms with Crippen LogP contribution in [0.3, 0.4) is 0 Å². The van der Waals surface area contributed by atoms with Crippen molar-refractivity contribution < 1.29 is 9.18 Å². The van der Waals surface area contributed by atoms with Crippen LogP contribution in [-0.2, 0) is 4.79 Å². The van der Waals surface area contributed by atoms with Crippen molar-refractivity contribution in [2.75, 3.05) is 31.1 Å². The second-order valence-corrected chi connectivity index (χ2v) is 5.92. The summed E-state index contributed by atoms with van der Waals surface area (Å²) in [5.41, 5.74) is 0.643. The summed E-state index contributed by atoms with van der Waals surface area (Å²) in [5, 5.41) is 0. The lowest BCUT2D eigenvalue weighted by molar-refractivity contribution is -0.132. The van der Waals surface area contributed by atoms with Gasteiger partial charge in [-0.05, 0) is 18.1 Å². The first kappa shape index (κ1) is 15.8. The molecule has 2 rings (SSSR count). The van der Waals surface area contributed by atoms with E-state index in [4.69, 9.17) is 0 Å². The van der Waals surface area contributed by atoms with Gasteiger partial charge in [0.25, 0.3) is 0 Å². The minimum absolute atomic E-state index is 0.186. The van der Waals surface area contributed by atoms with E-state index >= 15 is 0 Å². The van der Waals surface area contributed by atoms with E-state index in [2.05, 4.69) is 13.8 Å². The summed E-state index contributed by atoms with van der Waals surface area (Å²) in [6, 6.07) is 6.84. The van der Waals surface area contributed by atoms with Crippen LogP contribution in [-0.4, -0.2) is 37.0 Å². The number of anilines is 1. The van der Waals surface area contributed by atoms with Gasteiger partial charge in [0.05, 0.1) is 5.69 Å². The van der Waals surface area contributed by atoms with Gasteiger partial charge in [0, 0.05) is 32.6 Å². The lowest BCUT2D eigenvalue weighted by atomic mass is 10.0. The molecule has 4 heteroatoms. The lowest BCUT2D eigenvalue weighted by Crippen LogP contribution is -2.49. The number of hydrogen-bond acceptors (Lipinski definition) is 2. The third-order valence-electron chi connectivity index (χ3n) is 4.13. The van der Waals surface area contributed by atoms with Crippen molar-refractivity contribution in [2.24, 2.45) is 5.92 Å². The van der Waals surface area contributed by atoms with Crippen LogP contribution in [0.15, 0.2) is 24.3 Å². The van der Waals surface area contributed by atoms with Gasteiger partial charge in [-0.3, -0.25) is 4.79 Å². The third kappa shape index (κ3) is 4.19. The Kier molecular flexibility index (Phi) is 5.59. The van der Waals surface area contributed by atoms with E-state index in [1.54, 1.807) is 12.1 Å². The summed E-state index contributed by atoms with van der Waals surface area (Å²) in [7, 11) is 0. The van der Waals surface area contributed by atoms with Crippen molar-refractivity contribution in [3.8, 4) is 0 Å². The van der Waals surface area contributed by atoms with E-state index < -0.39 is 0 Å². The Hall–Kier alpha value is -1.58. The number of benzene rings is 1. The molecule has 0 aromatic heterocycles. The van der Waals surface area contributed by atoms with E-state index in [0.29, 0.717) is 44.2 Å². The number of piperazine rings is 1. The summed E-state index contributed by atoms with van der Waals surface area (Å²) in [6.07, 6.45) is 2.85. The number of nitrogens with zero attached hydrogens (tertiary/aromatic N) is 2. The minimum atomic E-state index is -0.186. The third-order valence-corrected chi connectivity index (χ3v) is 4.13. The Bertz CT molecular complexity index is 470. The van der Waals surface area contributed by atoms with Crippen LogP contribution in [0, 0.1) is 11.7 Å². The molecule has 3 nitrogen and oxygen atoms in total. The van der Waals surface area contributed by atoms with E-state index in [1.165, 1.54) is 6.07 Å². The number of rotatable bonds is 5. The van der Waals surface area contributed by atoms with Crippen LogP contribution >= 0.6 is 0 Å². The van der Waals surface area contributed by atoms with Gasteiger partial charge in [-0.1, -0.05) is 38.8 Å². The molecule has 1 aromatic rings. The molecule has 0 saturated carbocycles. The molecule has 21 heavy (non-hydrogen) atoms. The zero-order chi connectivity index (χ0) is 15.2. The summed E-state index contributed by atoms with van der Waals surface area (Å²) >= 11 is 0. The largest absolute Gasteiger partial charge is 0.366 e. The van der Waals surface area contributed by atoms with Crippen molar-refractivity contribution in [3.05, 3.63) is 30.1 Å². The van der Waals surface area contributed by atoms with Gasteiger partial charge < -0.3 is 9.80 Å². The Labute approximate surface area is 126 Å². The number of hydrogen-bond donors (Lipinski definition) is 0. The van der Waals surface area contributed by atoms with Crippen LogP contribution in [0.5, 0.6) is 0 Å². The topological polar surface area (TPSA) is 23.6 Å². The van der Waals surface area contributed by atoms with E-state index in [0.717, 1.165) is 12.8 Å². The fourth-order valence-electron chi connectivity index (χ4n) is 2.93. The van der Waals surface area contributed by atoms with E-state index in [1.807, 2.05) is 15.9 Å². The van der Waals surface area contributed by atoms with Gasteiger partial charge in [-0.25, -0.2) is 4.39 Å². The Morgan fingerprint density at radius 1 is 1.24 bits per heavy atom. The Morgan fingerprint density at radius 2 is 1.90 bits per heavy atom. The molecule has 1 unspecified atom stereocenters. The maximum Gasteiger partial charge on any atom is 0.222 e. The molecule has 0 bridgehead atoms. The molecule has 0 aliphatic carbocycles. The molecule has 1 amide bonds. The number of carbonyl (C=O) groups excluding carboxylic acids is 1. The molecule has 116 valence electrons. The maximum absolute atomic E-state index is 13.8. The quantitative estimate of drug-likeness (QED) is 0.831. The van der Waals surface area contributed by atoms with Gasteiger partial charge in [-0.2, -0.15) is 0 Å². The van der Waals surface area contributed by atoms with Crippen molar-refractivity contribution in [2.45, 2.75) is 33.1 Å². The van der Waals surface area contributed by atoms with Crippen LogP contribution in [0.2, 0.25) is 0 Å². The van der Waals surface area contributed by atoms with E-state index in [-0.39, 0.29) is 11.7 Å². The molecule has 1 aliphatic heterocycles. The highest BCUT2D eigenvalue weighted by Crippen LogP contribution is 2.21. The standard InChI is InChI=1S/C17H25FN2O/c1-3-6-14(2)13-17(21)20-11-9-19(10-12-20)16-8-5-4-7-15(16)18/h4-5,7-8,14H,3,6,9-13H2,1-2H3. The highest BCUT2D eigenvalue weighted by atomic mass is 19.1. The predicted molar refractivity (Wildman–Crippen MR) is 83.9 cm³/mol. The van der Waals surface area contributed by atoms with Gasteiger partial charge in [0.2, 0.25) is 5.91 Å². The monoisotopic (exact) mass is 292 g/mol. The first-order valence-corrected chi connectivity index (χ1v) is 7.89. The highest BCUT2D eigenvalue weighted by molar-refractivity contribution is 5.76. The molecule has 1 heterocycles. The molecule has 0 spiro atoms. The fraction of sp³-hybridized carbons (Fsp3) is 0.588. The Morgan fingerprint density at radius 3 is 2.52 bits per heavy atom. The van der Waals surface area contributed by atoms with Crippen molar-refractivity contribution >= 4 is 11.6 Å². The number of carbonyl (C=O) groups is 1. The van der Waals surface area contributed by atoms with Crippen LogP contribution in [0.1, 0.15) is 33.1 Å². The normalized spacial score (nSPS) is 16.9. The second-order valence-electron chi connectivity index (χ2n) is 5.92. The first-order chi connectivity index (χ1) is 10.1. The van der Waals surface area contributed by atoms with Crippen molar-refractivity contribution in [1.29, 1.82) is 0 Å². The molecular formula is C17H25FN2O. The molecule has 0 radical (unpaired) electrons. The molecule has 1 aliphatic rings. The van der Waals surface area contributed by atoms with Crippen molar-refractivity contribution in [3.63, 3.8) is 0 Å². The summed E-state index contributed by atoms with van der Waals surface area (Å²) in [6.45, 7) is 7.06. The van der Waals surface area contributed by atoms with Crippen LogP contribution in [0.4, 0.5) is 10.1 Å². The first-order valence-electron chi connectivity index (χ1n) is 7.89. The summed E-state index contributed by atoms with van der Waals surface area (Å²) in [5.74, 6) is 0.505. The van der Waals surface area contributed by atoms with Gasteiger partial charge in [0.1, 0.15) is 5.82 Å². The van der Waals surface area contributed by atoms with Gasteiger partial charge >= 0.3 is 0 Å². The minimum Gasteiger partial charge on any atom is -0.366 e. The number of halogens is 1. The SMILES string of the molecule is CCCC(C)CC(=O)N1CCN(c2ccccc2F)CC1. The number of para-hydroxylation sites is 1. The van der Waals surface area contributed by atoms with Crippen molar-refractivity contribution in [1.82, 2.24) is 4.90 Å². The summed E-state index contributed by atoms with van der Waals surface area (Å²) in [4.78, 5) is 16.2. The maximum atomic E-state index is 13.8. The molecular weight excluding hydrogens is 267 g/mol. The van der Waals surface area contributed by atoms with E-state index in [9.17, 15) is 9.18 Å². The number of amides is 1. The average molecular weight is 292 g/mol. The molecule has 1 atom stereocenters. The van der Waals surface area contributed by atoms with Gasteiger partial charge in [0.15, 0.2) is 0 Å². The van der Waals surface area contributed by atoms with Crippen LogP contribution < -0.4 is 4.90 Å². The zero-order valence-corrected chi connectivity index (χ0v) is 13.0. The Balaban J connectivity index is 1.86. The summed E-state index contributed by atoms with van der Waals surface area (Å²) < 4.78 is 13.8. The second kappa shape index (κ2) is 7.43. The predicted octanol–water partition coefficient (Wildman–Crippen LogP) is 3.30. The highest BCUT2D eigenvalue weighted by Gasteiger charge is 2.23. The lowest BCUT2D eigenvalue weighted by Gasteiger charge is -2.36. The smallest absolute Gasteiger partial charge is 0.222 e. The molecule has 0 N–H and O–H groups in total. The zero-order valence-electron chi connectivity index (χ0n) is 13.0. The van der Waals surface area contributed by atoms with Crippen LogP contribution in [0.25, 0.3) is 0 Å². The molecule has 1 aromatic carbocycles. The van der Waals surface area contributed by atoms with Gasteiger partial charge in [-0.15, -0.1) is 0 Å². The molecule has 1 saturated heterocycles. The average Bonchev–Trinajstić information content (AvgIpc) is 2.48. The molecule has 1 fully saturated rings. The fourth-order valence-corrected chi connectivity index (χ4v) is 2.93.